The first-order chi connectivity index (χ1) is 7.66. The smallest absolute Gasteiger partial charge is 0.0667 e. The molecule has 88 valence electrons. The summed E-state index contributed by atoms with van der Waals surface area (Å²) in [5, 5.41) is 9.60. The van der Waals surface area contributed by atoms with Crippen molar-refractivity contribution in [1.82, 2.24) is 4.90 Å². The molecule has 0 amide bonds. The first kappa shape index (κ1) is 11.9. The zero-order valence-electron chi connectivity index (χ0n) is 9.19. The lowest BCUT2D eigenvalue weighted by Gasteiger charge is -2.30. The number of nitrogen functional groups attached to an aromatic ring is 1. The summed E-state index contributed by atoms with van der Waals surface area (Å²) in [6.07, 6.45) is 1.82. The van der Waals surface area contributed by atoms with Crippen LogP contribution < -0.4 is 5.73 Å². The summed E-state index contributed by atoms with van der Waals surface area (Å²) < 4.78 is 0.982. The molecule has 1 atom stereocenters. The van der Waals surface area contributed by atoms with Crippen LogP contribution in [0.5, 0.6) is 0 Å². The molecule has 1 unspecified atom stereocenters. The number of hydrogen-bond donors (Lipinski definition) is 2. The van der Waals surface area contributed by atoms with Crippen LogP contribution in [0.2, 0.25) is 0 Å². The average molecular weight is 285 g/mol. The van der Waals surface area contributed by atoms with Crippen LogP contribution in [-0.2, 0) is 6.54 Å². The molecule has 1 aliphatic heterocycles. The maximum atomic E-state index is 9.60. The highest BCUT2D eigenvalue weighted by molar-refractivity contribution is 9.10. The predicted molar refractivity (Wildman–Crippen MR) is 69.1 cm³/mol. The highest BCUT2D eigenvalue weighted by Gasteiger charge is 2.18. The van der Waals surface area contributed by atoms with E-state index in [4.69, 9.17) is 5.73 Å². The Bertz CT molecular complexity index is 370. The quantitative estimate of drug-likeness (QED) is 0.817. The monoisotopic (exact) mass is 284 g/mol. The minimum Gasteiger partial charge on any atom is -0.398 e. The van der Waals surface area contributed by atoms with E-state index in [0.717, 1.165) is 42.6 Å². The van der Waals surface area contributed by atoms with Crippen molar-refractivity contribution in [2.45, 2.75) is 25.5 Å². The fraction of sp³-hybridized carbons (Fsp3) is 0.500. The Balaban J connectivity index is 2.05. The number of halogens is 1. The van der Waals surface area contributed by atoms with Gasteiger partial charge in [-0.1, -0.05) is 12.1 Å². The van der Waals surface area contributed by atoms with Crippen LogP contribution in [0.25, 0.3) is 0 Å². The first-order valence-corrected chi connectivity index (χ1v) is 6.39. The number of anilines is 1. The van der Waals surface area contributed by atoms with Gasteiger partial charge < -0.3 is 10.8 Å². The van der Waals surface area contributed by atoms with Crippen LogP contribution in [0.3, 0.4) is 0 Å². The molecule has 4 heteroatoms. The Morgan fingerprint density at radius 2 is 2.31 bits per heavy atom. The van der Waals surface area contributed by atoms with Crippen LogP contribution in [0.1, 0.15) is 18.4 Å². The molecular formula is C12H17BrN2O. The van der Waals surface area contributed by atoms with Gasteiger partial charge in [-0.25, -0.2) is 0 Å². The molecule has 1 aliphatic rings. The second kappa shape index (κ2) is 5.17. The lowest BCUT2D eigenvalue weighted by atomic mass is 10.1. The van der Waals surface area contributed by atoms with Crippen molar-refractivity contribution in [3.63, 3.8) is 0 Å². The molecule has 3 nitrogen and oxygen atoms in total. The second-order valence-electron chi connectivity index (χ2n) is 4.35. The topological polar surface area (TPSA) is 49.5 Å². The van der Waals surface area contributed by atoms with Gasteiger partial charge >= 0.3 is 0 Å². The molecule has 0 bridgehead atoms. The summed E-state index contributed by atoms with van der Waals surface area (Å²) in [5.74, 6) is 0. The molecule has 3 N–H and O–H groups in total. The van der Waals surface area contributed by atoms with E-state index in [1.807, 2.05) is 12.1 Å². The minimum absolute atomic E-state index is 0.173. The van der Waals surface area contributed by atoms with Crippen LogP contribution in [-0.4, -0.2) is 29.2 Å². The third-order valence-corrected chi connectivity index (χ3v) is 3.95. The number of benzene rings is 1. The van der Waals surface area contributed by atoms with Gasteiger partial charge in [0.15, 0.2) is 0 Å². The van der Waals surface area contributed by atoms with E-state index in [1.54, 1.807) is 0 Å². The number of β-amino-alcohol motifs (C(OH)–C–C–N with tert-alkyl or cyclic N) is 1. The third-order valence-electron chi connectivity index (χ3n) is 2.98. The van der Waals surface area contributed by atoms with Crippen molar-refractivity contribution in [3.8, 4) is 0 Å². The van der Waals surface area contributed by atoms with Crippen molar-refractivity contribution < 1.29 is 5.11 Å². The SMILES string of the molecule is Nc1cccc(CN2CCCC(O)C2)c1Br. The number of rotatable bonds is 2. The molecule has 1 fully saturated rings. The largest absolute Gasteiger partial charge is 0.398 e. The van der Waals surface area contributed by atoms with E-state index in [-0.39, 0.29) is 6.10 Å². The maximum absolute atomic E-state index is 9.60. The molecular weight excluding hydrogens is 268 g/mol. The van der Waals surface area contributed by atoms with Gasteiger partial charge in [-0.15, -0.1) is 0 Å². The number of likely N-dealkylation sites (tertiary alicyclic amines) is 1. The Morgan fingerprint density at radius 1 is 1.50 bits per heavy atom. The van der Waals surface area contributed by atoms with E-state index in [2.05, 4.69) is 26.9 Å². The van der Waals surface area contributed by atoms with Gasteiger partial charge in [0.05, 0.1) is 6.10 Å². The summed E-state index contributed by atoms with van der Waals surface area (Å²) in [5.41, 5.74) is 7.80. The van der Waals surface area contributed by atoms with Gasteiger partial charge in [-0.05, 0) is 46.9 Å². The molecule has 2 rings (SSSR count). The Morgan fingerprint density at radius 3 is 3.06 bits per heavy atom. The van der Waals surface area contributed by atoms with Gasteiger partial charge in [-0.2, -0.15) is 0 Å². The highest BCUT2D eigenvalue weighted by atomic mass is 79.9. The minimum atomic E-state index is -0.173. The molecule has 0 radical (unpaired) electrons. The number of nitrogens with zero attached hydrogens (tertiary/aromatic N) is 1. The first-order valence-electron chi connectivity index (χ1n) is 5.60. The van der Waals surface area contributed by atoms with Crippen molar-refractivity contribution in [2.75, 3.05) is 18.8 Å². The molecule has 1 aromatic carbocycles. The van der Waals surface area contributed by atoms with Gasteiger partial charge in [0, 0.05) is 23.2 Å². The molecule has 0 aliphatic carbocycles. The van der Waals surface area contributed by atoms with E-state index in [0.29, 0.717) is 0 Å². The number of hydrogen-bond acceptors (Lipinski definition) is 3. The lowest BCUT2D eigenvalue weighted by Crippen LogP contribution is -2.37. The maximum Gasteiger partial charge on any atom is 0.0667 e. The highest BCUT2D eigenvalue weighted by Crippen LogP contribution is 2.25. The zero-order valence-corrected chi connectivity index (χ0v) is 10.8. The standard InChI is InChI=1S/C12H17BrN2O/c13-12-9(3-1-5-11(12)14)7-15-6-2-4-10(16)8-15/h1,3,5,10,16H,2,4,6-8,14H2. The van der Waals surface area contributed by atoms with Crippen LogP contribution in [0, 0.1) is 0 Å². The van der Waals surface area contributed by atoms with Gasteiger partial charge in [0.1, 0.15) is 0 Å². The summed E-state index contributed by atoms with van der Waals surface area (Å²) in [7, 11) is 0. The molecule has 1 heterocycles. The molecule has 0 spiro atoms. The molecule has 0 saturated carbocycles. The summed E-state index contributed by atoms with van der Waals surface area (Å²) in [6.45, 7) is 2.67. The van der Waals surface area contributed by atoms with Crippen LogP contribution >= 0.6 is 15.9 Å². The Labute approximate surface area is 104 Å². The normalized spacial score (nSPS) is 22.2. The predicted octanol–water partition coefficient (Wildman–Crippen LogP) is 1.99. The second-order valence-corrected chi connectivity index (χ2v) is 5.14. The van der Waals surface area contributed by atoms with Crippen molar-refractivity contribution in [1.29, 1.82) is 0 Å². The number of aliphatic hydroxyl groups is 1. The number of aliphatic hydroxyl groups excluding tert-OH is 1. The van der Waals surface area contributed by atoms with Crippen molar-refractivity contribution in [3.05, 3.63) is 28.2 Å². The van der Waals surface area contributed by atoms with Crippen molar-refractivity contribution in [2.24, 2.45) is 0 Å². The van der Waals surface area contributed by atoms with Crippen LogP contribution in [0.4, 0.5) is 5.69 Å². The zero-order chi connectivity index (χ0) is 11.5. The van der Waals surface area contributed by atoms with Crippen LogP contribution in [0.15, 0.2) is 22.7 Å². The molecule has 1 aromatic rings. The Hall–Kier alpha value is -0.580. The number of piperidine rings is 1. The summed E-state index contributed by atoms with van der Waals surface area (Å²) in [4.78, 5) is 2.27. The molecule has 1 saturated heterocycles. The third kappa shape index (κ3) is 2.75. The van der Waals surface area contributed by atoms with E-state index < -0.39 is 0 Å². The Kier molecular flexibility index (Phi) is 3.84. The lowest BCUT2D eigenvalue weighted by molar-refractivity contribution is 0.0667. The van der Waals surface area contributed by atoms with Crippen molar-refractivity contribution >= 4 is 21.6 Å². The molecule has 0 aromatic heterocycles. The fourth-order valence-electron chi connectivity index (χ4n) is 2.14. The summed E-state index contributed by atoms with van der Waals surface area (Å²) >= 11 is 3.51. The van der Waals surface area contributed by atoms with E-state index >= 15 is 0 Å². The molecule has 16 heavy (non-hydrogen) atoms. The van der Waals surface area contributed by atoms with E-state index in [9.17, 15) is 5.11 Å². The summed E-state index contributed by atoms with van der Waals surface area (Å²) in [6, 6.07) is 5.93. The van der Waals surface area contributed by atoms with Gasteiger partial charge in [-0.3, -0.25) is 4.90 Å². The van der Waals surface area contributed by atoms with Gasteiger partial charge in [0.25, 0.3) is 0 Å². The average Bonchev–Trinajstić information content (AvgIpc) is 2.25. The van der Waals surface area contributed by atoms with E-state index in [1.165, 1.54) is 5.56 Å². The fourth-order valence-corrected chi connectivity index (χ4v) is 2.53. The number of nitrogens with two attached hydrogens (primary N) is 1. The van der Waals surface area contributed by atoms with Gasteiger partial charge in [0.2, 0.25) is 0 Å².